The highest BCUT2D eigenvalue weighted by molar-refractivity contribution is 7.47. The largest absolute Gasteiger partial charge is 0.472 e. The zero-order valence-corrected chi connectivity index (χ0v) is 62.4. The molecule has 0 spiro atoms. The number of hydrogen-bond donors (Lipinski definition) is 3. The fourth-order valence-corrected chi connectivity index (χ4v) is 14.0. The third kappa shape index (κ3) is 74.8. The standard InChI is InChI=1S/C80H163N2O6P/c1-6-8-10-12-14-16-18-20-22-24-26-28-30-32-34-36-38-39-40-41-42-44-46-48-50-52-54-56-58-60-62-64-66-68-70-72-74-80(84)81-78(77-88-89(85,86)87-76-75-82(3,4)5)79(83)73-71-69-67-65-63-61-59-57-55-53-51-49-47-45-43-37-35-33-31-29-27-25-23-21-19-17-15-13-11-9-7-2/h78-79,83H,6-77H2,1-5H3,(H-,81,84,85,86)/p+1. The molecule has 0 aromatic carbocycles. The second-order valence-electron chi connectivity index (χ2n) is 29.9. The molecule has 9 heteroatoms. The van der Waals surface area contributed by atoms with Crippen molar-refractivity contribution in [2.24, 2.45) is 0 Å². The van der Waals surface area contributed by atoms with Crippen molar-refractivity contribution in [1.82, 2.24) is 5.32 Å². The fourth-order valence-electron chi connectivity index (χ4n) is 13.3. The Morgan fingerprint density at radius 2 is 0.539 bits per heavy atom. The minimum Gasteiger partial charge on any atom is -0.391 e. The molecule has 3 N–H and O–H groups in total. The monoisotopic (exact) mass is 1280 g/mol. The van der Waals surface area contributed by atoms with Crippen molar-refractivity contribution in [3.63, 3.8) is 0 Å². The zero-order valence-electron chi connectivity index (χ0n) is 61.5. The molecular formula is C80H164N2O6P+. The van der Waals surface area contributed by atoms with Crippen LogP contribution in [0.1, 0.15) is 457 Å². The molecule has 1 amide bonds. The SMILES string of the molecule is CCCCCCCCCCCCCCCCCCCCCCCCCCCCCCCCCCCCCCC(=O)NC(COP(=O)(O)OCC[N+](C)(C)C)C(O)CCCCCCCCCCCCCCCCCCCCCCCCCCCCCCCCC. The Morgan fingerprint density at radius 1 is 0.337 bits per heavy atom. The van der Waals surface area contributed by atoms with Crippen molar-refractivity contribution >= 4 is 13.7 Å². The van der Waals surface area contributed by atoms with E-state index in [0.717, 1.165) is 38.5 Å². The topological polar surface area (TPSA) is 105 Å². The van der Waals surface area contributed by atoms with E-state index >= 15 is 0 Å². The molecule has 0 aliphatic heterocycles. The van der Waals surface area contributed by atoms with Crippen molar-refractivity contribution in [3.8, 4) is 0 Å². The summed E-state index contributed by atoms with van der Waals surface area (Å²) in [6.45, 7) is 4.98. The van der Waals surface area contributed by atoms with E-state index in [1.807, 2.05) is 21.1 Å². The number of aliphatic hydroxyl groups excluding tert-OH is 1. The molecule has 0 heterocycles. The summed E-state index contributed by atoms with van der Waals surface area (Å²) in [6.07, 6.45) is 92.7. The van der Waals surface area contributed by atoms with E-state index in [4.69, 9.17) is 9.05 Å². The molecule has 8 nitrogen and oxygen atoms in total. The van der Waals surface area contributed by atoms with Crippen LogP contribution in [0.2, 0.25) is 0 Å². The molecule has 0 aliphatic carbocycles. The first-order chi connectivity index (χ1) is 43.5. The number of nitrogens with one attached hydrogen (secondary N) is 1. The summed E-state index contributed by atoms with van der Waals surface area (Å²) in [5.41, 5.74) is 0. The molecular weight excluding hydrogens is 1120 g/mol. The van der Waals surface area contributed by atoms with Crippen molar-refractivity contribution in [1.29, 1.82) is 0 Å². The van der Waals surface area contributed by atoms with Gasteiger partial charge in [-0.25, -0.2) is 4.57 Å². The van der Waals surface area contributed by atoms with E-state index < -0.39 is 20.0 Å². The van der Waals surface area contributed by atoms with Gasteiger partial charge < -0.3 is 19.8 Å². The van der Waals surface area contributed by atoms with Gasteiger partial charge in [0.1, 0.15) is 13.2 Å². The van der Waals surface area contributed by atoms with Gasteiger partial charge in [-0.2, -0.15) is 0 Å². The van der Waals surface area contributed by atoms with Crippen molar-refractivity contribution < 1.29 is 32.9 Å². The van der Waals surface area contributed by atoms with Gasteiger partial charge in [-0.05, 0) is 12.8 Å². The Labute approximate surface area is 559 Å². The van der Waals surface area contributed by atoms with E-state index in [1.165, 1.54) is 392 Å². The Morgan fingerprint density at radius 3 is 0.753 bits per heavy atom. The molecule has 0 radical (unpaired) electrons. The fraction of sp³-hybridized carbons (Fsp3) is 0.988. The summed E-state index contributed by atoms with van der Waals surface area (Å²) in [7, 11) is 1.65. The zero-order chi connectivity index (χ0) is 64.8. The second-order valence-corrected chi connectivity index (χ2v) is 31.3. The lowest BCUT2D eigenvalue weighted by atomic mass is 10.0. The van der Waals surface area contributed by atoms with Crippen LogP contribution in [-0.2, 0) is 18.4 Å². The number of hydrogen-bond acceptors (Lipinski definition) is 5. The minimum absolute atomic E-state index is 0.0797. The number of phosphoric ester groups is 1. The highest BCUT2D eigenvalue weighted by atomic mass is 31.2. The second kappa shape index (κ2) is 71.8. The van der Waals surface area contributed by atoms with Gasteiger partial charge in [-0.15, -0.1) is 0 Å². The number of aliphatic hydroxyl groups is 1. The summed E-state index contributed by atoms with van der Waals surface area (Å²) < 4.78 is 24.0. The van der Waals surface area contributed by atoms with Crippen molar-refractivity contribution in [2.75, 3.05) is 40.9 Å². The van der Waals surface area contributed by atoms with E-state index in [9.17, 15) is 19.4 Å². The number of nitrogens with zero attached hydrogens (tertiary/aromatic N) is 1. The molecule has 534 valence electrons. The number of unbranched alkanes of at least 4 members (excludes halogenated alkanes) is 65. The molecule has 3 unspecified atom stereocenters. The molecule has 0 fully saturated rings. The number of phosphoric acid groups is 1. The van der Waals surface area contributed by atoms with Gasteiger partial charge in [0, 0.05) is 6.42 Å². The van der Waals surface area contributed by atoms with Crippen LogP contribution in [0.5, 0.6) is 0 Å². The molecule has 0 aromatic rings. The molecule has 0 aliphatic rings. The average Bonchev–Trinajstić information content (AvgIpc) is 3.55. The third-order valence-electron chi connectivity index (χ3n) is 19.6. The van der Waals surface area contributed by atoms with Crippen LogP contribution >= 0.6 is 7.82 Å². The predicted octanol–water partition coefficient (Wildman–Crippen LogP) is 26.6. The van der Waals surface area contributed by atoms with Gasteiger partial charge in [0.2, 0.25) is 5.91 Å². The molecule has 0 aromatic heterocycles. The number of amides is 1. The third-order valence-corrected chi connectivity index (χ3v) is 20.6. The number of carbonyl (C=O) groups excluding carboxylic acids is 1. The lowest BCUT2D eigenvalue weighted by molar-refractivity contribution is -0.870. The van der Waals surface area contributed by atoms with E-state index in [-0.39, 0.29) is 19.1 Å². The predicted molar refractivity (Wildman–Crippen MR) is 392 cm³/mol. The summed E-state index contributed by atoms with van der Waals surface area (Å²) in [6, 6.07) is -0.758. The van der Waals surface area contributed by atoms with Gasteiger partial charge in [-0.3, -0.25) is 13.8 Å². The maximum atomic E-state index is 13.1. The van der Waals surface area contributed by atoms with Crippen LogP contribution in [0.3, 0.4) is 0 Å². The van der Waals surface area contributed by atoms with Crippen molar-refractivity contribution in [2.45, 2.75) is 469 Å². The molecule has 0 saturated carbocycles. The Hall–Kier alpha value is -0.500. The summed E-state index contributed by atoms with van der Waals surface area (Å²) in [5, 5.41) is 14.2. The highest BCUT2D eigenvalue weighted by Gasteiger charge is 2.28. The summed E-state index contributed by atoms with van der Waals surface area (Å²) >= 11 is 0. The van der Waals surface area contributed by atoms with Crippen LogP contribution in [0.4, 0.5) is 0 Å². The maximum absolute atomic E-state index is 13.1. The number of rotatable bonds is 78. The lowest BCUT2D eigenvalue weighted by Gasteiger charge is -2.26. The minimum atomic E-state index is -4.33. The molecule has 0 rings (SSSR count). The van der Waals surface area contributed by atoms with Gasteiger partial charge in [-0.1, -0.05) is 438 Å². The number of carbonyl (C=O) groups is 1. The molecule has 3 atom stereocenters. The Bertz CT molecular complexity index is 1410. The summed E-state index contributed by atoms with van der Waals surface area (Å²) in [4.78, 5) is 23.5. The van der Waals surface area contributed by atoms with Gasteiger partial charge in [0.05, 0.1) is 39.9 Å². The lowest BCUT2D eigenvalue weighted by Crippen LogP contribution is -2.46. The maximum Gasteiger partial charge on any atom is 0.472 e. The molecule has 89 heavy (non-hydrogen) atoms. The van der Waals surface area contributed by atoms with Crippen LogP contribution in [0, 0.1) is 0 Å². The van der Waals surface area contributed by atoms with E-state index in [1.54, 1.807) is 0 Å². The van der Waals surface area contributed by atoms with E-state index in [0.29, 0.717) is 23.9 Å². The molecule has 0 saturated heterocycles. The first-order valence-corrected chi connectivity index (χ1v) is 42.4. The van der Waals surface area contributed by atoms with Crippen LogP contribution in [-0.4, -0.2) is 73.4 Å². The first kappa shape index (κ1) is 88.5. The van der Waals surface area contributed by atoms with Gasteiger partial charge in [0.25, 0.3) is 0 Å². The van der Waals surface area contributed by atoms with Crippen LogP contribution in [0.25, 0.3) is 0 Å². The number of quaternary nitrogens is 1. The smallest absolute Gasteiger partial charge is 0.391 e. The number of likely N-dealkylation sites (N-methyl/N-ethyl adjacent to an activating group) is 1. The quantitative estimate of drug-likeness (QED) is 0.0318. The highest BCUT2D eigenvalue weighted by Crippen LogP contribution is 2.43. The normalized spacial score (nSPS) is 13.4. The van der Waals surface area contributed by atoms with Gasteiger partial charge in [0.15, 0.2) is 0 Å². The first-order valence-electron chi connectivity index (χ1n) is 40.9. The van der Waals surface area contributed by atoms with Gasteiger partial charge >= 0.3 is 7.82 Å². The Kier molecular flexibility index (Phi) is 71.4. The van der Waals surface area contributed by atoms with Crippen LogP contribution < -0.4 is 5.32 Å². The van der Waals surface area contributed by atoms with E-state index in [2.05, 4.69) is 19.2 Å². The molecule has 0 bridgehead atoms. The average molecular weight is 1280 g/mol. The van der Waals surface area contributed by atoms with Crippen LogP contribution in [0.15, 0.2) is 0 Å². The summed E-state index contributed by atoms with van der Waals surface area (Å²) in [5.74, 6) is -0.131. The Balaban J connectivity index is 3.88. The van der Waals surface area contributed by atoms with Crippen molar-refractivity contribution in [3.05, 3.63) is 0 Å².